The third kappa shape index (κ3) is 1.50. The first-order valence-electron chi connectivity index (χ1n) is 4.62. The lowest BCUT2D eigenvalue weighted by Crippen LogP contribution is -2.10. The Bertz CT molecular complexity index is 466. The molecule has 2 aromatic rings. The van der Waals surface area contributed by atoms with Gasteiger partial charge in [0.15, 0.2) is 0 Å². The van der Waals surface area contributed by atoms with Crippen LogP contribution in [0.25, 0.3) is 11.0 Å². The summed E-state index contributed by atoms with van der Waals surface area (Å²) in [6.45, 7) is 6.32. The minimum absolute atomic E-state index is 0.0389. The number of fused-ring (bicyclic) bond motifs is 1. The largest absolute Gasteiger partial charge is 0.357 e. The van der Waals surface area contributed by atoms with Crippen LogP contribution >= 0.6 is 0 Å². The maximum Gasteiger partial charge on any atom is 0.213 e. The average Bonchev–Trinajstić information content (AvgIpc) is 2.45. The molecule has 0 aliphatic carbocycles. The maximum absolute atomic E-state index is 12.8. The van der Waals surface area contributed by atoms with Gasteiger partial charge in [0.25, 0.3) is 0 Å². The second-order valence-electron chi connectivity index (χ2n) is 4.50. The molecule has 0 fully saturated rings. The van der Waals surface area contributed by atoms with Gasteiger partial charge in [0.05, 0.1) is 11.0 Å². The molecule has 0 aliphatic heterocycles. The molecule has 1 N–H and O–H groups in total. The van der Waals surface area contributed by atoms with Crippen LogP contribution in [0.2, 0.25) is 0 Å². The van der Waals surface area contributed by atoms with Crippen LogP contribution in [0.1, 0.15) is 26.5 Å². The van der Waals surface area contributed by atoms with Crippen LogP contribution in [0.3, 0.4) is 0 Å². The standard InChI is InChI=1S/C11H13FN2/c1-11(2,3)9-6-8-7(13-9)4-5-10(12)14-8/h4-6,13H,1-3H3. The lowest BCUT2D eigenvalue weighted by atomic mass is 9.93. The van der Waals surface area contributed by atoms with Crippen molar-refractivity contribution in [2.24, 2.45) is 0 Å². The number of rotatable bonds is 0. The van der Waals surface area contributed by atoms with Gasteiger partial charge in [-0.15, -0.1) is 0 Å². The first-order chi connectivity index (χ1) is 6.47. The molecule has 0 aromatic carbocycles. The van der Waals surface area contributed by atoms with E-state index in [1.807, 2.05) is 6.07 Å². The summed E-state index contributed by atoms with van der Waals surface area (Å²) in [7, 11) is 0. The van der Waals surface area contributed by atoms with Crippen LogP contribution in [0.5, 0.6) is 0 Å². The number of nitrogens with one attached hydrogen (secondary N) is 1. The van der Waals surface area contributed by atoms with Crippen molar-refractivity contribution >= 4 is 11.0 Å². The lowest BCUT2D eigenvalue weighted by molar-refractivity contribution is 0.574. The smallest absolute Gasteiger partial charge is 0.213 e. The molecule has 0 radical (unpaired) electrons. The Morgan fingerprint density at radius 1 is 1.29 bits per heavy atom. The third-order valence-corrected chi connectivity index (χ3v) is 2.25. The fraction of sp³-hybridized carbons (Fsp3) is 0.364. The highest BCUT2D eigenvalue weighted by molar-refractivity contribution is 5.76. The van der Waals surface area contributed by atoms with E-state index >= 15 is 0 Å². The van der Waals surface area contributed by atoms with Crippen molar-refractivity contribution in [3.05, 3.63) is 29.8 Å². The molecule has 0 aliphatic rings. The molecule has 14 heavy (non-hydrogen) atoms. The Morgan fingerprint density at radius 2 is 2.00 bits per heavy atom. The van der Waals surface area contributed by atoms with Gasteiger partial charge in [-0.3, -0.25) is 0 Å². The predicted molar refractivity (Wildman–Crippen MR) is 54.8 cm³/mol. The number of hydrogen-bond donors (Lipinski definition) is 1. The highest BCUT2D eigenvalue weighted by Crippen LogP contribution is 2.24. The number of aromatic amines is 1. The van der Waals surface area contributed by atoms with E-state index in [1.165, 1.54) is 6.07 Å². The average molecular weight is 192 g/mol. The zero-order valence-electron chi connectivity index (χ0n) is 8.56. The van der Waals surface area contributed by atoms with Crippen molar-refractivity contribution in [1.82, 2.24) is 9.97 Å². The highest BCUT2D eigenvalue weighted by Gasteiger charge is 2.16. The summed E-state index contributed by atoms with van der Waals surface area (Å²) in [5.74, 6) is -0.433. The zero-order chi connectivity index (χ0) is 10.3. The maximum atomic E-state index is 12.8. The van der Waals surface area contributed by atoms with E-state index in [0.29, 0.717) is 5.52 Å². The zero-order valence-corrected chi connectivity index (χ0v) is 8.56. The molecule has 2 aromatic heterocycles. The molecule has 0 saturated heterocycles. The van der Waals surface area contributed by atoms with Crippen molar-refractivity contribution in [3.8, 4) is 0 Å². The van der Waals surface area contributed by atoms with Gasteiger partial charge in [-0.1, -0.05) is 20.8 Å². The first kappa shape index (κ1) is 9.19. The Labute approximate surface area is 82.2 Å². The number of aromatic nitrogens is 2. The Kier molecular flexibility index (Phi) is 1.84. The van der Waals surface area contributed by atoms with Crippen LogP contribution in [0.4, 0.5) is 4.39 Å². The number of halogens is 1. The van der Waals surface area contributed by atoms with Gasteiger partial charge in [-0.2, -0.15) is 4.39 Å². The number of H-pyrrole nitrogens is 1. The van der Waals surface area contributed by atoms with Crippen molar-refractivity contribution in [1.29, 1.82) is 0 Å². The molecule has 0 bridgehead atoms. The number of pyridine rings is 1. The Morgan fingerprint density at radius 3 is 2.64 bits per heavy atom. The highest BCUT2D eigenvalue weighted by atomic mass is 19.1. The van der Waals surface area contributed by atoms with Gasteiger partial charge in [0.2, 0.25) is 5.95 Å². The van der Waals surface area contributed by atoms with Crippen molar-refractivity contribution in [2.45, 2.75) is 26.2 Å². The molecule has 0 atom stereocenters. The normalized spacial score (nSPS) is 12.3. The Hall–Kier alpha value is -1.38. The van der Waals surface area contributed by atoms with Gasteiger partial charge < -0.3 is 4.98 Å². The van der Waals surface area contributed by atoms with E-state index in [-0.39, 0.29) is 5.41 Å². The van der Waals surface area contributed by atoms with Crippen molar-refractivity contribution in [2.75, 3.05) is 0 Å². The molecule has 3 heteroatoms. The molecular formula is C11H13FN2. The topological polar surface area (TPSA) is 28.7 Å². The SMILES string of the molecule is CC(C)(C)c1cc2nc(F)ccc2[nH]1. The Balaban J connectivity index is 2.63. The summed E-state index contributed by atoms with van der Waals surface area (Å²) in [5.41, 5.74) is 2.69. The summed E-state index contributed by atoms with van der Waals surface area (Å²) in [6.07, 6.45) is 0. The first-order valence-corrected chi connectivity index (χ1v) is 4.62. The molecule has 2 rings (SSSR count). The number of hydrogen-bond acceptors (Lipinski definition) is 1. The molecule has 2 heterocycles. The molecule has 0 saturated carbocycles. The van der Waals surface area contributed by atoms with E-state index in [4.69, 9.17) is 0 Å². The molecule has 2 nitrogen and oxygen atoms in total. The number of nitrogens with zero attached hydrogens (tertiary/aromatic N) is 1. The second-order valence-corrected chi connectivity index (χ2v) is 4.50. The van der Waals surface area contributed by atoms with Crippen molar-refractivity contribution in [3.63, 3.8) is 0 Å². The monoisotopic (exact) mass is 192 g/mol. The van der Waals surface area contributed by atoms with Gasteiger partial charge in [0, 0.05) is 11.1 Å². The van der Waals surface area contributed by atoms with Crippen LogP contribution in [-0.4, -0.2) is 9.97 Å². The minimum atomic E-state index is -0.433. The molecule has 0 amide bonds. The van der Waals surface area contributed by atoms with Gasteiger partial charge >= 0.3 is 0 Å². The van der Waals surface area contributed by atoms with E-state index in [0.717, 1.165) is 11.2 Å². The fourth-order valence-electron chi connectivity index (χ4n) is 1.39. The van der Waals surface area contributed by atoms with E-state index in [2.05, 4.69) is 30.7 Å². The summed E-state index contributed by atoms with van der Waals surface area (Å²) in [5, 5.41) is 0. The van der Waals surface area contributed by atoms with E-state index in [1.54, 1.807) is 6.07 Å². The molecule has 0 spiro atoms. The quantitative estimate of drug-likeness (QED) is 0.638. The van der Waals surface area contributed by atoms with Crippen LogP contribution in [0, 0.1) is 5.95 Å². The molecule has 0 unspecified atom stereocenters. The van der Waals surface area contributed by atoms with E-state index < -0.39 is 5.95 Å². The summed E-state index contributed by atoms with van der Waals surface area (Å²) in [6, 6.07) is 4.98. The van der Waals surface area contributed by atoms with Gasteiger partial charge in [-0.05, 0) is 18.2 Å². The summed E-state index contributed by atoms with van der Waals surface area (Å²) in [4.78, 5) is 7.05. The minimum Gasteiger partial charge on any atom is -0.357 e. The van der Waals surface area contributed by atoms with Crippen LogP contribution < -0.4 is 0 Å². The summed E-state index contributed by atoms with van der Waals surface area (Å²) < 4.78 is 12.8. The second kappa shape index (κ2) is 2.80. The van der Waals surface area contributed by atoms with Gasteiger partial charge in [0.1, 0.15) is 0 Å². The van der Waals surface area contributed by atoms with Crippen molar-refractivity contribution < 1.29 is 4.39 Å². The van der Waals surface area contributed by atoms with Crippen LogP contribution in [-0.2, 0) is 5.41 Å². The van der Waals surface area contributed by atoms with Crippen LogP contribution in [0.15, 0.2) is 18.2 Å². The third-order valence-electron chi connectivity index (χ3n) is 2.25. The lowest BCUT2D eigenvalue weighted by Gasteiger charge is -2.15. The van der Waals surface area contributed by atoms with Gasteiger partial charge in [-0.25, -0.2) is 4.98 Å². The van der Waals surface area contributed by atoms with E-state index in [9.17, 15) is 4.39 Å². The predicted octanol–water partition coefficient (Wildman–Crippen LogP) is 3.00. The molecule has 74 valence electrons. The molecular weight excluding hydrogens is 179 g/mol. The fourth-order valence-corrected chi connectivity index (χ4v) is 1.39. The summed E-state index contributed by atoms with van der Waals surface area (Å²) >= 11 is 0.